The molecule has 0 fully saturated rings. The van der Waals surface area contributed by atoms with Gasteiger partial charge in [-0.1, -0.05) is 5.10 Å². The first-order valence-corrected chi connectivity index (χ1v) is 6.46. The molecule has 2 heterocycles. The summed E-state index contributed by atoms with van der Waals surface area (Å²) in [6, 6.07) is 1.72. The van der Waals surface area contributed by atoms with E-state index in [0.29, 0.717) is 4.88 Å². The maximum absolute atomic E-state index is 11.7. The van der Waals surface area contributed by atoms with Gasteiger partial charge in [0.2, 0.25) is 0 Å². The molecule has 6 nitrogen and oxygen atoms in total. The van der Waals surface area contributed by atoms with Crippen molar-refractivity contribution in [1.82, 2.24) is 20.2 Å². The number of tetrazole rings is 1. The SMILES string of the molecule is Cn1nnc(NC(=O)c2cc(Br)c(Br)s2)n1. The Morgan fingerprint density at radius 1 is 1.56 bits per heavy atom. The van der Waals surface area contributed by atoms with Gasteiger partial charge in [0.1, 0.15) is 0 Å². The topological polar surface area (TPSA) is 72.7 Å². The number of nitrogens with one attached hydrogen (secondary N) is 1. The van der Waals surface area contributed by atoms with Crippen LogP contribution < -0.4 is 5.32 Å². The summed E-state index contributed by atoms with van der Waals surface area (Å²) in [5, 5.41) is 13.7. The number of amides is 1. The number of aromatic nitrogens is 4. The van der Waals surface area contributed by atoms with Crippen molar-refractivity contribution < 1.29 is 4.79 Å². The highest BCUT2D eigenvalue weighted by Crippen LogP contribution is 2.32. The number of nitrogens with zero attached hydrogens (tertiary/aromatic N) is 4. The largest absolute Gasteiger partial charge is 0.287 e. The van der Waals surface area contributed by atoms with E-state index in [0.717, 1.165) is 8.26 Å². The Balaban J connectivity index is 2.14. The van der Waals surface area contributed by atoms with Crippen LogP contribution in [0.25, 0.3) is 0 Å². The fourth-order valence-corrected chi connectivity index (χ4v) is 2.89. The molecule has 84 valence electrons. The summed E-state index contributed by atoms with van der Waals surface area (Å²) < 4.78 is 1.71. The monoisotopic (exact) mass is 365 g/mol. The standard InChI is InChI=1S/C7H5Br2N5OS/c1-14-12-7(11-13-14)10-6(15)4-2-3(8)5(9)16-4/h2H,1H3,(H,10,12,15). The first kappa shape index (κ1) is 11.7. The van der Waals surface area contributed by atoms with E-state index >= 15 is 0 Å². The molecule has 2 aromatic rings. The fourth-order valence-electron chi connectivity index (χ4n) is 0.956. The molecule has 0 saturated heterocycles. The van der Waals surface area contributed by atoms with E-state index in [1.807, 2.05) is 0 Å². The molecular weight excluding hydrogens is 362 g/mol. The van der Waals surface area contributed by atoms with Gasteiger partial charge in [0.25, 0.3) is 11.9 Å². The maximum atomic E-state index is 11.7. The van der Waals surface area contributed by atoms with Crippen LogP contribution in [0.1, 0.15) is 9.67 Å². The molecule has 0 aliphatic rings. The van der Waals surface area contributed by atoms with Gasteiger partial charge in [0.15, 0.2) is 0 Å². The van der Waals surface area contributed by atoms with E-state index < -0.39 is 0 Å². The molecule has 1 N–H and O–H groups in total. The summed E-state index contributed by atoms with van der Waals surface area (Å²) in [7, 11) is 1.63. The Morgan fingerprint density at radius 3 is 2.81 bits per heavy atom. The number of hydrogen-bond acceptors (Lipinski definition) is 5. The number of rotatable bonds is 2. The number of anilines is 1. The number of thiophene rings is 1. The lowest BCUT2D eigenvalue weighted by Gasteiger charge is -1.95. The Morgan fingerprint density at radius 2 is 2.31 bits per heavy atom. The van der Waals surface area contributed by atoms with Gasteiger partial charge in [-0.2, -0.15) is 4.80 Å². The van der Waals surface area contributed by atoms with E-state index in [-0.39, 0.29) is 11.9 Å². The second-order valence-electron chi connectivity index (χ2n) is 2.79. The first-order chi connectivity index (χ1) is 7.56. The second kappa shape index (κ2) is 4.60. The molecule has 2 aromatic heterocycles. The van der Waals surface area contributed by atoms with Crippen molar-refractivity contribution in [2.45, 2.75) is 0 Å². The number of carbonyl (C=O) groups excluding carboxylic acids is 1. The van der Waals surface area contributed by atoms with Crippen molar-refractivity contribution in [3.8, 4) is 0 Å². The lowest BCUT2D eigenvalue weighted by Crippen LogP contribution is -2.11. The minimum absolute atomic E-state index is 0.188. The zero-order valence-corrected chi connectivity index (χ0v) is 11.9. The Kier molecular flexibility index (Phi) is 3.36. The quantitative estimate of drug-likeness (QED) is 0.882. The summed E-state index contributed by atoms with van der Waals surface area (Å²) in [5.41, 5.74) is 0. The van der Waals surface area contributed by atoms with Gasteiger partial charge in [0.05, 0.1) is 15.7 Å². The van der Waals surface area contributed by atoms with E-state index in [9.17, 15) is 4.79 Å². The third kappa shape index (κ3) is 2.47. The summed E-state index contributed by atoms with van der Waals surface area (Å²) in [4.78, 5) is 13.6. The molecule has 0 aromatic carbocycles. The molecule has 16 heavy (non-hydrogen) atoms. The first-order valence-electron chi connectivity index (χ1n) is 4.06. The van der Waals surface area contributed by atoms with Gasteiger partial charge in [-0.25, -0.2) is 0 Å². The summed E-state index contributed by atoms with van der Waals surface area (Å²) in [6.07, 6.45) is 0. The number of aryl methyl sites for hydroxylation is 1. The van der Waals surface area contributed by atoms with Crippen LogP contribution in [0.2, 0.25) is 0 Å². The summed E-state index contributed by atoms with van der Waals surface area (Å²) in [5.74, 6) is -0.0717. The van der Waals surface area contributed by atoms with Crippen LogP contribution in [0.4, 0.5) is 5.95 Å². The molecule has 9 heteroatoms. The van der Waals surface area contributed by atoms with Gasteiger partial charge in [0, 0.05) is 4.47 Å². The molecule has 0 saturated carbocycles. The average Bonchev–Trinajstić information content (AvgIpc) is 2.75. The van der Waals surface area contributed by atoms with Gasteiger partial charge in [-0.15, -0.1) is 16.4 Å². The van der Waals surface area contributed by atoms with E-state index in [1.165, 1.54) is 16.1 Å². The highest BCUT2D eigenvalue weighted by molar-refractivity contribution is 9.13. The van der Waals surface area contributed by atoms with Crippen molar-refractivity contribution >= 4 is 55.1 Å². The van der Waals surface area contributed by atoms with Crippen LogP contribution in [-0.2, 0) is 7.05 Å². The zero-order chi connectivity index (χ0) is 11.7. The molecule has 0 aliphatic heterocycles. The Labute approximate surface area is 111 Å². The lowest BCUT2D eigenvalue weighted by molar-refractivity contribution is 0.102. The molecule has 0 aliphatic carbocycles. The van der Waals surface area contributed by atoms with E-state index in [1.54, 1.807) is 13.1 Å². The van der Waals surface area contributed by atoms with Crippen LogP contribution in [0.15, 0.2) is 14.3 Å². The van der Waals surface area contributed by atoms with Crippen molar-refractivity contribution in [3.05, 3.63) is 19.2 Å². The smallest absolute Gasteiger partial charge is 0.270 e. The number of hydrogen-bond donors (Lipinski definition) is 1. The fraction of sp³-hybridized carbons (Fsp3) is 0.143. The van der Waals surface area contributed by atoms with Crippen molar-refractivity contribution in [3.63, 3.8) is 0 Å². The van der Waals surface area contributed by atoms with Crippen molar-refractivity contribution in [2.75, 3.05) is 5.32 Å². The lowest BCUT2D eigenvalue weighted by atomic mass is 10.4. The minimum Gasteiger partial charge on any atom is -0.287 e. The maximum Gasteiger partial charge on any atom is 0.270 e. The molecule has 0 radical (unpaired) electrons. The van der Waals surface area contributed by atoms with Gasteiger partial charge < -0.3 is 0 Å². The predicted molar refractivity (Wildman–Crippen MR) is 66.5 cm³/mol. The third-order valence-corrected chi connectivity index (χ3v) is 4.86. The van der Waals surface area contributed by atoms with Crippen LogP contribution >= 0.6 is 43.2 Å². The predicted octanol–water partition coefficient (Wildman–Crippen LogP) is 2.05. The van der Waals surface area contributed by atoms with Crippen LogP contribution in [-0.4, -0.2) is 26.1 Å². The molecule has 0 atom stereocenters. The molecular formula is C7H5Br2N5OS. The van der Waals surface area contributed by atoms with Gasteiger partial charge in [-0.05, 0) is 43.1 Å². The average molecular weight is 367 g/mol. The van der Waals surface area contributed by atoms with Gasteiger partial charge in [-0.3, -0.25) is 10.1 Å². The minimum atomic E-state index is -0.260. The van der Waals surface area contributed by atoms with Crippen LogP contribution in [0.5, 0.6) is 0 Å². The van der Waals surface area contributed by atoms with E-state index in [4.69, 9.17) is 0 Å². The summed E-state index contributed by atoms with van der Waals surface area (Å²) >= 11 is 7.95. The van der Waals surface area contributed by atoms with Crippen LogP contribution in [0.3, 0.4) is 0 Å². The van der Waals surface area contributed by atoms with Gasteiger partial charge >= 0.3 is 0 Å². The molecule has 2 rings (SSSR count). The highest BCUT2D eigenvalue weighted by atomic mass is 79.9. The molecule has 0 spiro atoms. The molecule has 1 amide bonds. The molecule has 0 bridgehead atoms. The van der Waals surface area contributed by atoms with Crippen LogP contribution in [0, 0.1) is 0 Å². The summed E-state index contributed by atoms with van der Waals surface area (Å²) in [6.45, 7) is 0. The molecule has 0 unspecified atom stereocenters. The normalized spacial score (nSPS) is 10.4. The Bertz CT molecular complexity index is 517. The van der Waals surface area contributed by atoms with Crippen molar-refractivity contribution in [1.29, 1.82) is 0 Å². The zero-order valence-electron chi connectivity index (χ0n) is 7.94. The Hall–Kier alpha value is -0.800. The van der Waals surface area contributed by atoms with E-state index in [2.05, 4.69) is 52.6 Å². The van der Waals surface area contributed by atoms with Crippen molar-refractivity contribution in [2.24, 2.45) is 7.05 Å². The number of carbonyl (C=O) groups is 1. The second-order valence-corrected chi connectivity index (χ2v) is 6.01. The highest BCUT2D eigenvalue weighted by Gasteiger charge is 2.13. The third-order valence-electron chi connectivity index (χ3n) is 1.60. The number of halogens is 2.